The molecule has 2 aromatic rings. The fourth-order valence-electron chi connectivity index (χ4n) is 2.62. The Kier molecular flexibility index (Phi) is 10.2. The summed E-state index contributed by atoms with van der Waals surface area (Å²) >= 11 is 0. The number of nitrogens with one attached hydrogen (secondary N) is 2. The van der Waals surface area contributed by atoms with Gasteiger partial charge in [-0.05, 0) is 48.5 Å². The number of anilines is 2. The molecule has 0 saturated carbocycles. The van der Waals surface area contributed by atoms with Crippen LogP contribution in [0.15, 0.2) is 58.3 Å². The summed E-state index contributed by atoms with van der Waals surface area (Å²) in [5.41, 5.74) is 0.833. The summed E-state index contributed by atoms with van der Waals surface area (Å²) in [4.78, 5) is 22.0. The maximum atomic E-state index is 12.6. The summed E-state index contributed by atoms with van der Waals surface area (Å²) in [7, 11) is -8.48. The van der Waals surface area contributed by atoms with E-state index in [1.165, 1.54) is 76.5 Å². The Bertz CT molecular complexity index is 1210. The fourth-order valence-corrected chi connectivity index (χ4v) is 5.45. The Labute approximate surface area is 210 Å². The van der Waals surface area contributed by atoms with Crippen LogP contribution >= 0.6 is 8.25 Å². The fraction of sp³-hybridized carbons (Fsp3) is 0.300. The minimum Gasteiger partial charge on any atom is -0.326 e. The van der Waals surface area contributed by atoms with Crippen molar-refractivity contribution >= 4 is 51.5 Å². The molecule has 0 atom stereocenters. The first kappa shape index (κ1) is 29.5. The normalized spacial score (nSPS) is 11.9. The van der Waals surface area contributed by atoms with Crippen LogP contribution in [-0.4, -0.2) is 64.8 Å². The quantitative estimate of drug-likeness (QED) is 0.291. The molecule has 2 rings (SSSR count). The number of hydrogen-bond donors (Lipinski definition) is 2. The second-order valence-electron chi connectivity index (χ2n) is 7.36. The van der Waals surface area contributed by atoms with Gasteiger partial charge in [-0.25, -0.2) is 16.8 Å². The van der Waals surface area contributed by atoms with E-state index in [2.05, 4.69) is 10.6 Å². The minimum atomic E-state index is -4.00. The standard InChI is InChI=1S/C20H25N4O9PS2/c1-15(25)21-17-5-9-19(10-6-17)35(28,29)23(3)13-32-34(27)33-14-24(4)36(30,31)20-11-7-18(8-12-20)22-16(2)26/h5-12H,13-14H2,1-4H3,(H-,21,22,25,26)/p+1. The van der Waals surface area contributed by atoms with Crippen LogP contribution in [0, 0.1) is 0 Å². The van der Waals surface area contributed by atoms with E-state index in [0.29, 0.717) is 11.4 Å². The van der Waals surface area contributed by atoms with Gasteiger partial charge in [0.15, 0.2) is 13.5 Å². The van der Waals surface area contributed by atoms with Gasteiger partial charge in [0.2, 0.25) is 31.9 Å². The number of carbonyl (C=O) groups excluding carboxylic acids is 2. The van der Waals surface area contributed by atoms with Crippen LogP contribution in [0.5, 0.6) is 0 Å². The third-order valence-electron chi connectivity index (χ3n) is 4.46. The highest BCUT2D eigenvalue weighted by Crippen LogP contribution is 2.27. The van der Waals surface area contributed by atoms with Gasteiger partial charge in [0.1, 0.15) is 0 Å². The maximum Gasteiger partial charge on any atom is 0.700 e. The summed E-state index contributed by atoms with van der Waals surface area (Å²) in [5.74, 6) is -0.614. The number of carbonyl (C=O) groups is 2. The molecule has 0 radical (unpaired) electrons. The Balaban J connectivity index is 1.90. The number of hydrogen-bond acceptors (Lipinski definition) is 9. The summed E-state index contributed by atoms with van der Waals surface area (Å²) in [6, 6.07) is 10.8. The van der Waals surface area contributed by atoms with Crippen molar-refractivity contribution in [2.45, 2.75) is 23.6 Å². The second-order valence-corrected chi connectivity index (χ2v) is 12.4. The van der Waals surface area contributed by atoms with E-state index in [1.807, 2.05) is 0 Å². The van der Waals surface area contributed by atoms with E-state index in [4.69, 9.17) is 9.05 Å². The summed E-state index contributed by atoms with van der Waals surface area (Å²) in [6.45, 7) is 1.37. The zero-order valence-corrected chi connectivity index (χ0v) is 22.4. The highest BCUT2D eigenvalue weighted by atomic mass is 32.2. The van der Waals surface area contributed by atoms with Crippen LogP contribution in [0.25, 0.3) is 0 Å². The Morgan fingerprint density at radius 3 is 1.31 bits per heavy atom. The van der Waals surface area contributed by atoms with Crippen molar-refractivity contribution in [3.63, 3.8) is 0 Å². The van der Waals surface area contributed by atoms with E-state index in [1.54, 1.807) is 0 Å². The number of rotatable bonds is 12. The van der Waals surface area contributed by atoms with Crippen molar-refractivity contribution in [1.82, 2.24) is 8.61 Å². The highest BCUT2D eigenvalue weighted by Gasteiger charge is 2.30. The average molecular weight is 562 g/mol. The molecular formula is C20H26N4O9PS2+. The minimum absolute atomic E-state index is 0.0887. The maximum absolute atomic E-state index is 12.6. The third kappa shape index (κ3) is 8.13. The van der Waals surface area contributed by atoms with Gasteiger partial charge in [-0.15, -0.1) is 9.05 Å². The van der Waals surface area contributed by atoms with Gasteiger partial charge in [-0.1, -0.05) is 0 Å². The summed E-state index contributed by atoms with van der Waals surface area (Å²) in [5, 5.41) is 5.03. The van der Waals surface area contributed by atoms with Crippen LogP contribution in [-0.2, 0) is 43.2 Å². The lowest BCUT2D eigenvalue weighted by molar-refractivity contribution is -0.115. The number of amides is 2. The first-order valence-electron chi connectivity index (χ1n) is 10.1. The Morgan fingerprint density at radius 2 is 1.03 bits per heavy atom. The average Bonchev–Trinajstić information content (AvgIpc) is 2.80. The lowest BCUT2D eigenvalue weighted by atomic mass is 10.3. The molecule has 0 aliphatic carbocycles. The molecule has 13 nitrogen and oxygen atoms in total. The molecule has 0 fully saturated rings. The van der Waals surface area contributed by atoms with Crippen molar-refractivity contribution < 1.29 is 40.0 Å². The monoisotopic (exact) mass is 561 g/mol. The SMILES string of the molecule is CC(=O)Nc1ccc(S(=O)(=O)N(C)CO[P+](=O)OCN(C)S(=O)(=O)c2ccc(NC(C)=O)cc2)cc1. The zero-order chi connectivity index (χ0) is 27.1. The smallest absolute Gasteiger partial charge is 0.326 e. The summed E-state index contributed by atoms with van der Waals surface area (Å²) in [6.07, 6.45) is 0. The molecule has 0 bridgehead atoms. The lowest BCUT2D eigenvalue weighted by Crippen LogP contribution is -2.29. The van der Waals surface area contributed by atoms with E-state index < -0.39 is 41.8 Å². The van der Waals surface area contributed by atoms with Gasteiger partial charge in [-0.2, -0.15) is 8.61 Å². The molecule has 0 aromatic heterocycles. The molecule has 36 heavy (non-hydrogen) atoms. The molecule has 0 heterocycles. The van der Waals surface area contributed by atoms with Crippen LogP contribution in [0.2, 0.25) is 0 Å². The van der Waals surface area contributed by atoms with Gasteiger partial charge in [0.25, 0.3) is 0 Å². The van der Waals surface area contributed by atoms with Crippen molar-refractivity contribution in [2.75, 3.05) is 38.2 Å². The van der Waals surface area contributed by atoms with Crippen LogP contribution in [0.3, 0.4) is 0 Å². The van der Waals surface area contributed by atoms with E-state index in [9.17, 15) is 31.0 Å². The molecule has 2 aromatic carbocycles. The molecule has 0 aliphatic rings. The lowest BCUT2D eigenvalue weighted by Gasteiger charge is -2.15. The molecule has 2 amide bonds. The van der Waals surface area contributed by atoms with Gasteiger partial charge in [0, 0.05) is 43.9 Å². The number of benzene rings is 2. The predicted molar refractivity (Wildman–Crippen MR) is 131 cm³/mol. The Morgan fingerprint density at radius 1 is 0.722 bits per heavy atom. The van der Waals surface area contributed by atoms with Crippen LogP contribution in [0.1, 0.15) is 13.8 Å². The number of sulfonamides is 2. The molecule has 0 unspecified atom stereocenters. The van der Waals surface area contributed by atoms with E-state index in [-0.39, 0.29) is 21.6 Å². The highest BCUT2D eigenvalue weighted by molar-refractivity contribution is 7.89. The molecular weight excluding hydrogens is 535 g/mol. The molecule has 196 valence electrons. The van der Waals surface area contributed by atoms with Gasteiger partial charge in [-0.3, -0.25) is 9.59 Å². The van der Waals surface area contributed by atoms with Crippen molar-refractivity contribution in [3.8, 4) is 0 Å². The van der Waals surface area contributed by atoms with Gasteiger partial charge < -0.3 is 10.6 Å². The summed E-state index contributed by atoms with van der Waals surface area (Å²) < 4.78 is 74.0. The topological polar surface area (TPSA) is 168 Å². The predicted octanol–water partition coefficient (Wildman–Crippen LogP) is 2.15. The van der Waals surface area contributed by atoms with Crippen molar-refractivity contribution in [2.24, 2.45) is 0 Å². The Hall–Kier alpha value is -2.78. The first-order valence-corrected chi connectivity index (χ1v) is 14.1. The molecule has 16 heteroatoms. The van der Waals surface area contributed by atoms with Crippen molar-refractivity contribution in [3.05, 3.63) is 48.5 Å². The van der Waals surface area contributed by atoms with Crippen molar-refractivity contribution in [1.29, 1.82) is 0 Å². The van der Waals surface area contributed by atoms with Crippen LogP contribution < -0.4 is 10.6 Å². The van der Waals surface area contributed by atoms with Gasteiger partial charge >= 0.3 is 8.25 Å². The van der Waals surface area contributed by atoms with E-state index >= 15 is 0 Å². The largest absolute Gasteiger partial charge is 0.700 e. The zero-order valence-electron chi connectivity index (χ0n) is 19.9. The molecule has 0 saturated heterocycles. The second kappa shape index (κ2) is 12.5. The first-order chi connectivity index (χ1) is 16.7. The molecule has 2 N–H and O–H groups in total. The van der Waals surface area contributed by atoms with Crippen LogP contribution in [0.4, 0.5) is 11.4 Å². The molecule has 0 spiro atoms. The van der Waals surface area contributed by atoms with Gasteiger partial charge in [0.05, 0.1) is 9.79 Å². The van der Waals surface area contributed by atoms with E-state index in [0.717, 1.165) is 8.61 Å². The third-order valence-corrected chi connectivity index (χ3v) is 8.70. The molecule has 0 aliphatic heterocycles. The number of nitrogens with zero attached hydrogens (tertiary/aromatic N) is 2.